The standard InChI is InChI=1S/C18H17ClN4O2/c19-13-4-5-15-14(11-13)17(24)18(25)23(15)12-21-7-9-22(10-8-21)16-3-1-2-6-20-16/h1-6,11H,7-10,12H2/p+2. The number of anilines is 2. The van der Waals surface area contributed by atoms with E-state index in [1.807, 2.05) is 18.3 Å². The maximum atomic E-state index is 12.3. The smallest absolute Gasteiger partial charge is 0.303 e. The van der Waals surface area contributed by atoms with E-state index in [-0.39, 0.29) is 0 Å². The minimum atomic E-state index is -0.463. The molecule has 1 amide bonds. The summed E-state index contributed by atoms with van der Waals surface area (Å²) < 4.78 is 0. The lowest BCUT2D eigenvalue weighted by molar-refractivity contribution is -0.899. The second-order valence-corrected chi connectivity index (χ2v) is 6.80. The van der Waals surface area contributed by atoms with Crippen LogP contribution in [0.3, 0.4) is 0 Å². The number of nitrogens with zero attached hydrogens (tertiary/aromatic N) is 2. The molecule has 0 atom stereocenters. The van der Waals surface area contributed by atoms with E-state index in [9.17, 15) is 9.59 Å². The molecule has 2 aromatic rings. The molecular weight excluding hydrogens is 340 g/mol. The van der Waals surface area contributed by atoms with Crippen molar-refractivity contribution in [3.05, 3.63) is 53.2 Å². The van der Waals surface area contributed by atoms with Crippen LogP contribution in [-0.2, 0) is 4.79 Å². The van der Waals surface area contributed by atoms with E-state index in [4.69, 9.17) is 11.6 Å². The fourth-order valence-electron chi connectivity index (χ4n) is 3.46. The number of nitrogens with one attached hydrogen (secondary N) is 2. The van der Waals surface area contributed by atoms with Gasteiger partial charge in [0.15, 0.2) is 6.67 Å². The average Bonchev–Trinajstić information content (AvgIpc) is 2.88. The molecule has 128 valence electrons. The molecule has 0 spiro atoms. The quantitative estimate of drug-likeness (QED) is 0.789. The summed E-state index contributed by atoms with van der Waals surface area (Å²) in [6.07, 6.45) is 1.92. The number of hydrogen-bond acceptors (Lipinski definition) is 3. The van der Waals surface area contributed by atoms with Gasteiger partial charge in [0.2, 0.25) is 0 Å². The molecule has 0 radical (unpaired) electrons. The molecule has 1 fully saturated rings. The Labute approximate surface area is 150 Å². The summed E-state index contributed by atoms with van der Waals surface area (Å²) in [7, 11) is 0. The van der Waals surface area contributed by atoms with Crippen molar-refractivity contribution in [2.75, 3.05) is 42.6 Å². The topological polar surface area (TPSA) is 59.2 Å². The van der Waals surface area contributed by atoms with E-state index < -0.39 is 11.7 Å². The van der Waals surface area contributed by atoms with Crippen LogP contribution in [0.2, 0.25) is 5.02 Å². The zero-order valence-electron chi connectivity index (χ0n) is 13.7. The summed E-state index contributed by atoms with van der Waals surface area (Å²) in [5.74, 6) is 0.187. The van der Waals surface area contributed by atoms with Crippen molar-refractivity contribution in [1.29, 1.82) is 0 Å². The predicted molar refractivity (Wildman–Crippen MR) is 94.0 cm³/mol. The first-order valence-electron chi connectivity index (χ1n) is 8.34. The van der Waals surface area contributed by atoms with Gasteiger partial charge in [0, 0.05) is 11.1 Å². The first-order valence-corrected chi connectivity index (χ1v) is 8.72. The molecule has 1 aromatic heterocycles. The molecule has 2 N–H and O–H groups in total. The van der Waals surface area contributed by atoms with Crippen LogP contribution in [0.4, 0.5) is 11.5 Å². The monoisotopic (exact) mass is 358 g/mol. The van der Waals surface area contributed by atoms with Crippen LogP contribution >= 0.6 is 11.6 Å². The van der Waals surface area contributed by atoms with E-state index >= 15 is 0 Å². The van der Waals surface area contributed by atoms with Crippen LogP contribution in [0.1, 0.15) is 10.4 Å². The summed E-state index contributed by atoms with van der Waals surface area (Å²) in [5.41, 5.74) is 1.08. The van der Waals surface area contributed by atoms with Crippen molar-refractivity contribution < 1.29 is 19.5 Å². The lowest BCUT2D eigenvalue weighted by atomic mass is 10.1. The number of piperazine rings is 1. The molecule has 1 saturated heterocycles. The van der Waals surface area contributed by atoms with Gasteiger partial charge in [0.1, 0.15) is 26.2 Å². The number of carbonyl (C=O) groups excluding carboxylic acids is 2. The summed E-state index contributed by atoms with van der Waals surface area (Å²) in [6, 6.07) is 11.1. The Morgan fingerprint density at radius 1 is 1.12 bits per heavy atom. The molecule has 4 rings (SSSR count). The number of carbonyl (C=O) groups is 2. The number of ketones is 1. The van der Waals surface area contributed by atoms with Gasteiger partial charge in [-0.2, -0.15) is 0 Å². The van der Waals surface area contributed by atoms with E-state index in [1.54, 1.807) is 23.1 Å². The van der Waals surface area contributed by atoms with Gasteiger partial charge in [-0.15, -0.1) is 0 Å². The van der Waals surface area contributed by atoms with Crippen LogP contribution in [0.25, 0.3) is 0 Å². The average molecular weight is 359 g/mol. The van der Waals surface area contributed by atoms with Gasteiger partial charge in [0.25, 0.3) is 11.6 Å². The SMILES string of the molecule is O=C1C(=O)N(C[NH+]2CCN(c3cccc[nH+]3)CC2)c2ccc(Cl)cc21. The Bertz CT molecular complexity index is 819. The fourth-order valence-corrected chi connectivity index (χ4v) is 3.63. The van der Waals surface area contributed by atoms with Crippen LogP contribution in [-0.4, -0.2) is 44.5 Å². The highest BCUT2D eigenvalue weighted by Crippen LogP contribution is 2.30. The molecule has 7 heteroatoms. The highest BCUT2D eigenvalue weighted by atomic mass is 35.5. The number of aromatic amines is 1. The number of quaternary nitrogens is 1. The van der Waals surface area contributed by atoms with Crippen LogP contribution in [0, 0.1) is 0 Å². The fraction of sp³-hybridized carbons (Fsp3) is 0.278. The molecule has 0 bridgehead atoms. The van der Waals surface area contributed by atoms with E-state index in [2.05, 4.69) is 16.0 Å². The van der Waals surface area contributed by atoms with Gasteiger partial charge >= 0.3 is 5.91 Å². The number of fused-ring (bicyclic) bond motifs is 1. The number of Topliss-reactive ketones (excluding diaryl/α,β-unsaturated/α-hetero) is 1. The molecule has 2 aliphatic rings. The zero-order valence-corrected chi connectivity index (χ0v) is 14.4. The highest BCUT2D eigenvalue weighted by molar-refractivity contribution is 6.52. The van der Waals surface area contributed by atoms with E-state index in [1.165, 1.54) is 4.90 Å². The lowest BCUT2D eigenvalue weighted by Crippen LogP contribution is -3.16. The number of amides is 1. The molecule has 25 heavy (non-hydrogen) atoms. The number of rotatable bonds is 3. The molecule has 3 heterocycles. The van der Waals surface area contributed by atoms with Crippen LogP contribution < -0.4 is 19.7 Å². The Kier molecular flexibility index (Phi) is 4.15. The third-order valence-electron chi connectivity index (χ3n) is 4.82. The van der Waals surface area contributed by atoms with Crippen molar-refractivity contribution in [3.63, 3.8) is 0 Å². The van der Waals surface area contributed by atoms with Gasteiger partial charge in [-0.05, 0) is 24.3 Å². The van der Waals surface area contributed by atoms with Crippen molar-refractivity contribution >= 4 is 34.8 Å². The number of halogens is 1. The van der Waals surface area contributed by atoms with Crippen LogP contribution in [0.15, 0.2) is 42.6 Å². The Balaban J connectivity index is 1.44. The van der Waals surface area contributed by atoms with Gasteiger partial charge < -0.3 is 4.90 Å². The molecule has 0 aliphatic carbocycles. The summed E-state index contributed by atoms with van der Waals surface area (Å²) >= 11 is 5.95. The predicted octanol–water partition coefficient (Wildman–Crippen LogP) is 0.0460. The van der Waals surface area contributed by atoms with Gasteiger partial charge in [-0.25, -0.2) is 4.98 Å². The van der Waals surface area contributed by atoms with Gasteiger partial charge in [-0.3, -0.25) is 19.4 Å². The highest BCUT2D eigenvalue weighted by Gasteiger charge is 2.39. The number of hydrogen-bond donors (Lipinski definition) is 1. The molecule has 6 nitrogen and oxygen atoms in total. The largest absolute Gasteiger partial charge is 0.311 e. The number of aromatic nitrogens is 1. The van der Waals surface area contributed by atoms with Crippen molar-refractivity contribution in [2.24, 2.45) is 0 Å². The first kappa shape index (κ1) is 16.1. The maximum absolute atomic E-state index is 12.3. The number of pyridine rings is 1. The van der Waals surface area contributed by atoms with Gasteiger partial charge in [0.05, 0.1) is 17.4 Å². The van der Waals surface area contributed by atoms with Crippen LogP contribution in [0.5, 0.6) is 0 Å². The summed E-state index contributed by atoms with van der Waals surface area (Å²) in [5, 5.41) is 0.474. The minimum Gasteiger partial charge on any atom is -0.311 e. The molecule has 2 aliphatic heterocycles. The summed E-state index contributed by atoms with van der Waals surface area (Å²) in [6.45, 7) is 4.12. The molecule has 0 unspecified atom stereocenters. The maximum Gasteiger partial charge on any atom is 0.303 e. The van der Waals surface area contributed by atoms with Gasteiger partial charge in [-0.1, -0.05) is 17.7 Å². The number of H-pyrrole nitrogens is 1. The third-order valence-corrected chi connectivity index (χ3v) is 5.05. The number of benzene rings is 1. The van der Waals surface area contributed by atoms with Crippen molar-refractivity contribution in [2.45, 2.75) is 0 Å². The molecular formula is C18H19ClN4O2+2. The Morgan fingerprint density at radius 3 is 2.64 bits per heavy atom. The normalized spacial score (nSPS) is 18.0. The second-order valence-electron chi connectivity index (χ2n) is 6.37. The second kappa shape index (κ2) is 6.46. The Hall–Kier alpha value is -2.44. The van der Waals surface area contributed by atoms with Crippen molar-refractivity contribution in [3.8, 4) is 0 Å². The summed E-state index contributed by atoms with van der Waals surface area (Å²) in [4.78, 5) is 32.9. The molecule has 0 saturated carbocycles. The minimum absolute atomic E-state index is 0.412. The van der Waals surface area contributed by atoms with E-state index in [0.29, 0.717) is 22.9 Å². The van der Waals surface area contributed by atoms with E-state index in [0.717, 1.165) is 32.0 Å². The lowest BCUT2D eigenvalue weighted by Gasteiger charge is -2.30. The third kappa shape index (κ3) is 2.99. The zero-order chi connectivity index (χ0) is 17.4. The Morgan fingerprint density at radius 2 is 1.92 bits per heavy atom. The molecule has 1 aromatic carbocycles. The first-order chi connectivity index (χ1) is 12.1. The van der Waals surface area contributed by atoms with Crippen molar-refractivity contribution in [1.82, 2.24) is 0 Å².